The molecular formula is C16H17N3O3S. The van der Waals surface area contributed by atoms with Gasteiger partial charge in [-0.05, 0) is 25.5 Å². The molecule has 120 valence electrons. The number of methoxy groups -OCH3 is 1. The number of amides is 1. The van der Waals surface area contributed by atoms with Gasteiger partial charge in [-0.25, -0.2) is 0 Å². The van der Waals surface area contributed by atoms with Crippen LogP contribution in [0.25, 0.3) is 11.0 Å². The molecule has 1 amide bonds. The lowest BCUT2D eigenvalue weighted by Gasteiger charge is -2.00. The number of aromatic nitrogens is 2. The first-order chi connectivity index (χ1) is 11.1. The molecule has 0 saturated carbocycles. The van der Waals surface area contributed by atoms with Crippen molar-refractivity contribution in [1.29, 1.82) is 0 Å². The molecule has 0 unspecified atom stereocenters. The molecule has 0 aliphatic rings. The zero-order chi connectivity index (χ0) is 16.4. The number of ether oxygens (including phenoxy) is 1. The summed E-state index contributed by atoms with van der Waals surface area (Å²) in [4.78, 5) is 12.4. The van der Waals surface area contributed by atoms with Gasteiger partial charge < -0.3 is 14.5 Å². The highest BCUT2D eigenvalue weighted by atomic mass is 32.1. The Bertz CT molecular complexity index is 853. The Kier molecular flexibility index (Phi) is 4.29. The van der Waals surface area contributed by atoms with E-state index in [9.17, 15) is 4.79 Å². The normalized spacial score (nSPS) is 10.9. The van der Waals surface area contributed by atoms with Crippen molar-refractivity contribution >= 4 is 28.2 Å². The van der Waals surface area contributed by atoms with Crippen LogP contribution in [0.2, 0.25) is 0 Å². The van der Waals surface area contributed by atoms with E-state index in [2.05, 4.69) is 15.5 Å². The lowest BCUT2D eigenvalue weighted by Crippen LogP contribution is -2.22. The number of fused-ring (bicyclic) bond motifs is 1. The Morgan fingerprint density at radius 2 is 2.13 bits per heavy atom. The van der Waals surface area contributed by atoms with E-state index in [4.69, 9.17) is 9.15 Å². The average molecular weight is 331 g/mol. The third kappa shape index (κ3) is 3.05. The Balaban J connectivity index is 1.78. The van der Waals surface area contributed by atoms with E-state index in [1.54, 1.807) is 13.2 Å². The zero-order valence-corrected chi connectivity index (χ0v) is 14.0. The minimum atomic E-state index is -0.258. The van der Waals surface area contributed by atoms with Gasteiger partial charge >= 0.3 is 0 Å². The molecule has 3 aromatic rings. The van der Waals surface area contributed by atoms with Crippen LogP contribution in [-0.4, -0.2) is 23.2 Å². The molecule has 0 aliphatic heterocycles. The highest BCUT2D eigenvalue weighted by Gasteiger charge is 2.18. The van der Waals surface area contributed by atoms with Crippen molar-refractivity contribution in [1.82, 2.24) is 15.5 Å². The summed E-state index contributed by atoms with van der Waals surface area (Å²) < 4.78 is 10.9. The molecular weight excluding hydrogens is 314 g/mol. The highest BCUT2D eigenvalue weighted by molar-refractivity contribution is 7.11. The van der Waals surface area contributed by atoms with Crippen molar-refractivity contribution in [3.8, 4) is 5.75 Å². The number of nitrogens with one attached hydrogen (secondary N) is 1. The van der Waals surface area contributed by atoms with Crippen LogP contribution < -0.4 is 10.1 Å². The molecule has 23 heavy (non-hydrogen) atoms. The maximum Gasteiger partial charge on any atom is 0.287 e. The van der Waals surface area contributed by atoms with E-state index in [0.29, 0.717) is 23.6 Å². The summed E-state index contributed by atoms with van der Waals surface area (Å²) in [5, 5.41) is 13.6. The second kappa shape index (κ2) is 6.37. The molecule has 0 aliphatic carbocycles. The van der Waals surface area contributed by atoms with Gasteiger partial charge in [0.15, 0.2) is 5.76 Å². The van der Waals surface area contributed by atoms with Gasteiger partial charge in [0.2, 0.25) is 0 Å². The third-order valence-corrected chi connectivity index (χ3v) is 4.63. The summed E-state index contributed by atoms with van der Waals surface area (Å²) in [6.45, 7) is 4.23. The quantitative estimate of drug-likeness (QED) is 0.777. The average Bonchev–Trinajstić information content (AvgIpc) is 3.17. The molecule has 0 fully saturated rings. The minimum absolute atomic E-state index is 0.258. The summed E-state index contributed by atoms with van der Waals surface area (Å²) in [6, 6.07) is 5.51. The number of carbonyl (C=O) groups excluding carboxylic acids is 1. The second-order valence-electron chi connectivity index (χ2n) is 5.04. The van der Waals surface area contributed by atoms with Crippen LogP contribution in [0.1, 0.15) is 33.1 Å². The van der Waals surface area contributed by atoms with Gasteiger partial charge in [0.05, 0.1) is 13.7 Å². The van der Waals surface area contributed by atoms with E-state index in [-0.39, 0.29) is 5.91 Å². The number of carbonyl (C=O) groups is 1. The molecule has 6 nitrogen and oxygen atoms in total. The highest BCUT2D eigenvalue weighted by Crippen LogP contribution is 2.28. The first-order valence-corrected chi connectivity index (χ1v) is 8.10. The van der Waals surface area contributed by atoms with Gasteiger partial charge in [0.25, 0.3) is 5.91 Å². The molecule has 0 bridgehead atoms. The Morgan fingerprint density at radius 1 is 1.35 bits per heavy atom. The fraction of sp³-hybridized carbons (Fsp3) is 0.312. The van der Waals surface area contributed by atoms with Crippen molar-refractivity contribution in [3.63, 3.8) is 0 Å². The van der Waals surface area contributed by atoms with Crippen LogP contribution in [-0.2, 0) is 13.0 Å². The summed E-state index contributed by atoms with van der Waals surface area (Å²) in [5.41, 5.74) is 1.45. The first kappa shape index (κ1) is 15.5. The van der Waals surface area contributed by atoms with Crippen LogP contribution in [0.4, 0.5) is 0 Å². The van der Waals surface area contributed by atoms with E-state index < -0.39 is 0 Å². The smallest absolute Gasteiger partial charge is 0.287 e. The van der Waals surface area contributed by atoms with Gasteiger partial charge in [0, 0.05) is 17.0 Å². The van der Waals surface area contributed by atoms with Crippen LogP contribution in [0.15, 0.2) is 22.6 Å². The van der Waals surface area contributed by atoms with Crippen LogP contribution in [0.5, 0.6) is 5.75 Å². The third-order valence-electron chi connectivity index (χ3n) is 3.56. The number of furan rings is 1. The number of rotatable bonds is 5. The van der Waals surface area contributed by atoms with E-state index in [1.807, 2.05) is 26.0 Å². The van der Waals surface area contributed by atoms with Crippen molar-refractivity contribution in [2.24, 2.45) is 0 Å². The monoisotopic (exact) mass is 331 g/mol. The molecule has 3 rings (SSSR count). The minimum Gasteiger partial charge on any atom is -0.497 e. The van der Waals surface area contributed by atoms with E-state index in [1.165, 1.54) is 11.3 Å². The Hall–Kier alpha value is -2.41. The van der Waals surface area contributed by atoms with Gasteiger partial charge in [-0.3, -0.25) is 4.79 Å². The van der Waals surface area contributed by atoms with E-state index >= 15 is 0 Å². The molecule has 0 atom stereocenters. The molecule has 0 spiro atoms. The standard InChI is InChI=1S/C16H17N3O3S/c1-4-13-18-19-14(23-13)8-17-16(20)15-9(2)11-6-5-10(21-3)7-12(11)22-15/h5-7H,4,8H2,1-3H3,(H,17,20). The van der Waals surface area contributed by atoms with Gasteiger partial charge in [-0.15, -0.1) is 10.2 Å². The molecule has 2 heterocycles. The second-order valence-corrected chi connectivity index (χ2v) is 6.19. The summed E-state index contributed by atoms with van der Waals surface area (Å²) in [7, 11) is 1.59. The predicted octanol–water partition coefficient (Wildman–Crippen LogP) is 3.09. The number of hydrogen-bond donors (Lipinski definition) is 1. The molecule has 0 saturated heterocycles. The number of benzene rings is 1. The maximum atomic E-state index is 12.4. The van der Waals surface area contributed by atoms with Crippen LogP contribution in [0.3, 0.4) is 0 Å². The number of hydrogen-bond acceptors (Lipinski definition) is 6. The van der Waals surface area contributed by atoms with Crippen molar-refractivity contribution in [2.45, 2.75) is 26.8 Å². The first-order valence-electron chi connectivity index (χ1n) is 7.29. The molecule has 0 radical (unpaired) electrons. The maximum absolute atomic E-state index is 12.4. The molecule has 1 aromatic carbocycles. The lowest BCUT2D eigenvalue weighted by atomic mass is 10.1. The predicted molar refractivity (Wildman–Crippen MR) is 88.0 cm³/mol. The van der Waals surface area contributed by atoms with Gasteiger partial charge in [-0.1, -0.05) is 18.3 Å². The fourth-order valence-electron chi connectivity index (χ4n) is 2.29. The fourth-order valence-corrected chi connectivity index (χ4v) is 3.01. The molecule has 2 aromatic heterocycles. The Morgan fingerprint density at radius 3 is 2.83 bits per heavy atom. The molecule has 7 heteroatoms. The summed E-state index contributed by atoms with van der Waals surface area (Å²) in [6.07, 6.45) is 0.843. The van der Waals surface area contributed by atoms with Crippen molar-refractivity contribution in [3.05, 3.63) is 39.5 Å². The number of nitrogens with zero attached hydrogens (tertiary/aromatic N) is 2. The number of aryl methyl sites for hydroxylation is 2. The summed E-state index contributed by atoms with van der Waals surface area (Å²) in [5.74, 6) is 0.749. The topological polar surface area (TPSA) is 77.3 Å². The van der Waals surface area contributed by atoms with E-state index in [0.717, 1.165) is 27.4 Å². The van der Waals surface area contributed by atoms with Crippen LogP contribution in [0, 0.1) is 6.92 Å². The SMILES string of the molecule is CCc1nnc(CNC(=O)c2oc3cc(OC)ccc3c2C)s1. The van der Waals surface area contributed by atoms with Crippen molar-refractivity contribution in [2.75, 3.05) is 7.11 Å². The summed E-state index contributed by atoms with van der Waals surface area (Å²) >= 11 is 1.50. The largest absolute Gasteiger partial charge is 0.497 e. The van der Waals surface area contributed by atoms with Crippen molar-refractivity contribution < 1.29 is 13.9 Å². The van der Waals surface area contributed by atoms with Gasteiger partial charge in [-0.2, -0.15) is 0 Å². The van der Waals surface area contributed by atoms with Crippen LogP contribution >= 0.6 is 11.3 Å². The zero-order valence-electron chi connectivity index (χ0n) is 13.2. The van der Waals surface area contributed by atoms with Gasteiger partial charge in [0.1, 0.15) is 21.3 Å². The molecule has 1 N–H and O–H groups in total. The lowest BCUT2D eigenvalue weighted by molar-refractivity contribution is 0.0924. The Labute approximate surface area is 137 Å².